The molecule has 1 saturated carbocycles. The topological polar surface area (TPSA) is 63.3 Å². The van der Waals surface area contributed by atoms with Crippen LogP contribution in [-0.4, -0.2) is 33.7 Å². The lowest BCUT2D eigenvalue weighted by Gasteiger charge is -2.23. The summed E-state index contributed by atoms with van der Waals surface area (Å²) in [5.74, 6) is 1.19. The van der Waals surface area contributed by atoms with Crippen molar-refractivity contribution >= 4 is 5.91 Å². The summed E-state index contributed by atoms with van der Waals surface area (Å²) in [6.07, 6.45) is 8.50. The van der Waals surface area contributed by atoms with Crippen molar-refractivity contribution in [1.82, 2.24) is 20.0 Å². The zero-order valence-corrected chi connectivity index (χ0v) is 13.9. The molecule has 1 N–H and O–H groups in total. The molecule has 1 fully saturated rings. The molecule has 6 nitrogen and oxygen atoms in total. The standard InChI is InChI=1S/C18H24N4O2/c23-18(7-14-1-2-14)19-8-16-10-21(9-15-4-6-24-13-15)12-17-3-5-20-22(17)11-16/h3-6,13-14,16H,1-2,7-12H2,(H,19,23). The third-order valence-electron chi connectivity index (χ3n) is 4.88. The van der Waals surface area contributed by atoms with Gasteiger partial charge in [-0.2, -0.15) is 5.10 Å². The summed E-state index contributed by atoms with van der Waals surface area (Å²) in [5, 5.41) is 7.57. The van der Waals surface area contributed by atoms with Gasteiger partial charge < -0.3 is 9.73 Å². The Morgan fingerprint density at radius 1 is 1.29 bits per heavy atom. The number of aromatic nitrogens is 2. The van der Waals surface area contributed by atoms with Gasteiger partial charge in [0.25, 0.3) is 0 Å². The van der Waals surface area contributed by atoms with E-state index in [2.05, 4.69) is 26.1 Å². The van der Waals surface area contributed by atoms with E-state index in [0.717, 1.165) is 26.2 Å². The summed E-state index contributed by atoms with van der Waals surface area (Å²) < 4.78 is 7.27. The van der Waals surface area contributed by atoms with Gasteiger partial charge in [-0.25, -0.2) is 0 Å². The molecule has 1 aliphatic carbocycles. The Hall–Kier alpha value is -2.08. The molecular weight excluding hydrogens is 304 g/mol. The van der Waals surface area contributed by atoms with Crippen molar-refractivity contribution in [2.45, 2.75) is 38.9 Å². The number of carbonyl (C=O) groups is 1. The zero-order valence-electron chi connectivity index (χ0n) is 13.9. The molecule has 6 heteroatoms. The Morgan fingerprint density at radius 2 is 2.21 bits per heavy atom. The maximum atomic E-state index is 12.0. The summed E-state index contributed by atoms with van der Waals surface area (Å²) in [5.41, 5.74) is 2.41. The molecule has 0 radical (unpaired) electrons. The first-order valence-corrected chi connectivity index (χ1v) is 8.77. The largest absolute Gasteiger partial charge is 0.472 e. The number of fused-ring (bicyclic) bond motifs is 1. The summed E-state index contributed by atoms with van der Waals surface area (Å²) >= 11 is 0. The third-order valence-corrected chi connectivity index (χ3v) is 4.88. The Labute approximate surface area is 141 Å². The highest BCUT2D eigenvalue weighted by Crippen LogP contribution is 2.32. The van der Waals surface area contributed by atoms with Crippen LogP contribution < -0.4 is 5.32 Å². The van der Waals surface area contributed by atoms with E-state index in [0.29, 0.717) is 24.8 Å². The fourth-order valence-corrected chi connectivity index (χ4v) is 3.42. The summed E-state index contributed by atoms with van der Waals surface area (Å²) in [6, 6.07) is 4.09. The molecule has 1 amide bonds. The normalized spacial score (nSPS) is 21.2. The quantitative estimate of drug-likeness (QED) is 0.881. The Balaban J connectivity index is 1.39. The van der Waals surface area contributed by atoms with Crippen LogP contribution in [0.1, 0.15) is 30.5 Å². The second kappa shape index (κ2) is 6.81. The Morgan fingerprint density at radius 3 is 3.00 bits per heavy atom. The highest BCUT2D eigenvalue weighted by atomic mass is 16.3. The van der Waals surface area contributed by atoms with Crippen molar-refractivity contribution in [2.24, 2.45) is 11.8 Å². The fourth-order valence-electron chi connectivity index (χ4n) is 3.42. The summed E-state index contributed by atoms with van der Waals surface area (Å²) in [7, 11) is 0. The number of carbonyl (C=O) groups excluding carboxylic acids is 1. The number of hydrogen-bond donors (Lipinski definition) is 1. The van der Waals surface area contributed by atoms with E-state index in [4.69, 9.17) is 4.42 Å². The molecule has 1 aliphatic heterocycles. The van der Waals surface area contributed by atoms with Crippen molar-refractivity contribution < 1.29 is 9.21 Å². The minimum absolute atomic E-state index is 0.198. The van der Waals surface area contributed by atoms with Crippen molar-refractivity contribution in [1.29, 1.82) is 0 Å². The second-order valence-electron chi connectivity index (χ2n) is 7.12. The third kappa shape index (κ3) is 3.87. The van der Waals surface area contributed by atoms with E-state index in [1.165, 1.54) is 24.1 Å². The molecule has 2 aromatic heterocycles. The second-order valence-corrected chi connectivity index (χ2v) is 7.12. The minimum atomic E-state index is 0.198. The number of hydrogen-bond acceptors (Lipinski definition) is 4. The van der Waals surface area contributed by atoms with E-state index in [-0.39, 0.29) is 5.91 Å². The van der Waals surface area contributed by atoms with Crippen LogP contribution in [0.25, 0.3) is 0 Å². The number of nitrogens with zero attached hydrogens (tertiary/aromatic N) is 3. The molecule has 0 bridgehead atoms. The average molecular weight is 328 g/mol. The molecule has 1 unspecified atom stereocenters. The lowest BCUT2D eigenvalue weighted by molar-refractivity contribution is -0.121. The Bertz CT molecular complexity index is 675. The van der Waals surface area contributed by atoms with Gasteiger partial charge in [0.2, 0.25) is 5.91 Å². The zero-order chi connectivity index (χ0) is 16.4. The van der Waals surface area contributed by atoms with Crippen LogP contribution in [0.15, 0.2) is 35.3 Å². The average Bonchev–Trinajstić information content (AvgIpc) is 3.08. The molecule has 4 rings (SSSR count). The van der Waals surface area contributed by atoms with Crippen LogP contribution in [0, 0.1) is 11.8 Å². The Kier molecular flexibility index (Phi) is 4.38. The van der Waals surface area contributed by atoms with E-state index in [1.54, 1.807) is 12.5 Å². The van der Waals surface area contributed by atoms with Crippen LogP contribution in [0.5, 0.6) is 0 Å². The van der Waals surface area contributed by atoms with Crippen LogP contribution in [0.2, 0.25) is 0 Å². The van der Waals surface area contributed by atoms with Gasteiger partial charge in [-0.05, 0) is 30.9 Å². The van der Waals surface area contributed by atoms with Crippen LogP contribution in [-0.2, 0) is 24.4 Å². The predicted octanol–water partition coefficient (Wildman–Crippen LogP) is 2.02. The number of amides is 1. The van der Waals surface area contributed by atoms with Gasteiger partial charge in [0.1, 0.15) is 0 Å². The van der Waals surface area contributed by atoms with Crippen LogP contribution in [0.4, 0.5) is 0 Å². The van der Waals surface area contributed by atoms with Gasteiger partial charge in [0, 0.05) is 56.8 Å². The van der Waals surface area contributed by atoms with Crippen LogP contribution >= 0.6 is 0 Å². The molecular formula is C18H24N4O2. The van der Waals surface area contributed by atoms with Gasteiger partial charge in [-0.15, -0.1) is 0 Å². The smallest absolute Gasteiger partial charge is 0.220 e. The molecule has 0 aromatic carbocycles. The molecule has 2 aromatic rings. The van der Waals surface area contributed by atoms with Gasteiger partial charge >= 0.3 is 0 Å². The highest BCUT2D eigenvalue weighted by Gasteiger charge is 2.26. The van der Waals surface area contributed by atoms with Crippen molar-refractivity contribution in [3.05, 3.63) is 42.1 Å². The predicted molar refractivity (Wildman–Crippen MR) is 88.9 cm³/mol. The summed E-state index contributed by atoms with van der Waals surface area (Å²) in [6.45, 7) is 4.24. The molecule has 3 heterocycles. The van der Waals surface area contributed by atoms with Crippen molar-refractivity contribution in [3.63, 3.8) is 0 Å². The lowest BCUT2D eigenvalue weighted by atomic mass is 10.1. The fraction of sp³-hybridized carbons (Fsp3) is 0.556. The first kappa shape index (κ1) is 15.4. The molecule has 0 saturated heterocycles. The number of rotatable bonds is 6. The highest BCUT2D eigenvalue weighted by molar-refractivity contribution is 5.76. The van der Waals surface area contributed by atoms with Gasteiger partial charge in [0.05, 0.1) is 18.2 Å². The molecule has 1 atom stereocenters. The SMILES string of the molecule is O=C(CC1CC1)NCC1CN(Cc2ccoc2)Cc2ccnn2C1. The van der Waals surface area contributed by atoms with E-state index < -0.39 is 0 Å². The van der Waals surface area contributed by atoms with E-state index >= 15 is 0 Å². The molecule has 24 heavy (non-hydrogen) atoms. The summed E-state index contributed by atoms with van der Waals surface area (Å²) in [4.78, 5) is 14.4. The maximum absolute atomic E-state index is 12.0. The van der Waals surface area contributed by atoms with Crippen molar-refractivity contribution in [3.8, 4) is 0 Å². The van der Waals surface area contributed by atoms with Crippen LogP contribution in [0.3, 0.4) is 0 Å². The molecule has 0 spiro atoms. The molecule has 128 valence electrons. The monoisotopic (exact) mass is 328 g/mol. The molecule has 2 aliphatic rings. The first-order valence-electron chi connectivity index (χ1n) is 8.77. The maximum Gasteiger partial charge on any atom is 0.220 e. The van der Waals surface area contributed by atoms with Gasteiger partial charge in [0.15, 0.2) is 0 Å². The van der Waals surface area contributed by atoms with Crippen molar-refractivity contribution in [2.75, 3.05) is 13.1 Å². The van der Waals surface area contributed by atoms with E-state index in [1.807, 2.05) is 12.3 Å². The van der Waals surface area contributed by atoms with Gasteiger partial charge in [-0.1, -0.05) is 0 Å². The lowest BCUT2D eigenvalue weighted by Crippen LogP contribution is -2.36. The number of furan rings is 1. The van der Waals surface area contributed by atoms with E-state index in [9.17, 15) is 4.79 Å². The van der Waals surface area contributed by atoms with Gasteiger partial charge in [-0.3, -0.25) is 14.4 Å². The first-order chi connectivity index (χ1) is 11.8. The number of nitrogens with one attached hydrogen (secondary N) is 1. The minimum Gasteiger partial charge on any atom is -0.472 e.